The molecule has 0 aromatic carbocycles. The molecule has 1 rings (SSSR count). The van der Waals surface area contributed by atoms with E-state index in [4.69, 9.17) is 10.6 Å². The van der Waals surface area contributed by atoms with Gasteiger partial charge in [-0.2, -0.15) is 0 Å². The highest BCUT2D eigenvalue weighted by atomic mass is 16.7. The third kappa shape index (κ3) is 2.88. The normalized spacial score (nSPS) is 37.7. The fourth-order valence-corrected chi connectivity index (χ4v) is 1.63. The van der Waals surface area contributed by atoms with E-state index in [1.807, 2.05) is 0 Å². The predicted octanol–water partition coefficient (Wildman–Crippen LogP) is -2.06. The van der Waals surface area contributed by atoms with E-state index in [-0.39, 0.29) is 0 Å². The summed E-state index contributed by atoms with van der Waals surface area (Å²) in [6.07, 6.45) is -7.08. The van der Waals surface area contributed by atoms with E-state index in [0.29, 0.717) is 0 Å². The van der Waals surface area contributed by atoms with Crippen molar-refractivity contribution in [3.8, 4) is 0 Å². The molecule has 1 unspecified atom stereocenters. The summed E-state index contributed by atoms with van der Waals surface area (Å²) in [6.45, 7) is -0.499. The zero-order valence-electron chi connectivity index (χ0n) is 9.12. The van der Waals surface area contributed by atoms with E-state index in [1.165, 1.54) is 0 Å². The van der Waals surface area contributed by atoms with Gasteiger partial charge in [0.2, 0.25) is 0 Å². The minimum atomic E-state index is -2.71. The van der Waals surface area contributed by atoms with Gasteiger partial charge in [0.1, 0.15) is 12.2 Å². The van der Waals surface area contributed by atoms with Crippen LogP contribution in [-0.4, -0.2) is 68.2 Å². The molecule has 0 spiro atoms. The molecule has 5 N–H and O–H groups in total. The van der Waals surface area contributed by atoms with E-state index in [9.17, 15) is 25.2 Å². The molecule has 1 heterocycles. The highest BCUT2D eigenvalue weighted by Gasteiger charge is 2.52. The van der Waals surface area contributed by atoms with Gasteiger partial charge >= 0.3 is 5.97 Å². The molecule has 10 nitrogen and oxygen atoms in total. The van der Waals surface area contributed by atoms with Crippen molar-refractivity contribution >= 4 is 5.97 Å². The molecule has 18 heavy (non-hydrogen) atoms. The Morgan fingerprint density at radius 1 is 1.61 bits per heavy atom. The van der Waals surface area contributed by atoms with Gasteiger partial charge in [-0.1, -0.05) is 5.11 Å². The second kappa shape index (κ2) is 5.48. The largest absolute Gasteiger partial charge is 0.477 e. The molecule has 10 heteroatoms. The molecule has 5 atom stereocenters. The van der Waals surface area contributed by atoms with Crippen LogP contribution in [0.5, 0.6) is 0 Å². The number of nitrogens with zero attached hydrogens (tertiary/aromatic N) is 3. The Hall–Kier alpha value is -1.42. The SMILES string of the molecule is [N-]=[N+]=NC[C@@H](O)[C@H]1OC(O)(C(=O)O)C[C@H](O)[C@H]1O. The monoisotopic (exact) mass is 263 g/mol. The smallest absolute Gasteiger partial charge is 0.364 e. The molecule has 0 aliphatic carbocycles. The number of hydrogen-bond acceptors (Lipinski definition) is 7. The van der Waals surface area contributed by atoms with Crippen molar-refractivity contribution < 1.29 is 35.1 Å². The molecule has 1 aliphatic rings. The van der Waals surface area contributed by atoms with Crippen molar-refractivity contribution in [1.82, 2.24) is 0 Å². The highest BCUT2D eigenvalue weighted by Crippen LogP contribution is 2.29. The molecule has 0 bridgehead atoms. The third-order valence-electron chi connectivity index (χ3n) is 2.59. The van der Waals surface area contributed by atoms with Crippen LogP contribution in [0.4, 0.5) is 0 Å². The molecule has 0 amide bonds. The number of aliphatic carboxylic acids is 1. The lowest BCUT2D eigenvalue weighted by Gasteiger charge is -2.41. The van der Waals surface area contributed by atoms with Crippen molar-refractivity contribution in [1.29, 1.82) is 0 Å². The molecular weight excluding hydrogens is 250 g/mol. The summed E-state index contributed by atoms with van der Waals surface area (Å²) in [5, 5.41) is 49.9. The first-order chi connectivity index (χ1) is 8.31. The Labute approximate surface area is 101 Å². The summed E-state index contributed by atoms with van der Waals surface area (Å²) >= 11 is 0. The second-order valence-corrected chi connectivity index (χ2v) is 3.91. The first-order valence-electron chi connectivity index (χ1n) is 5.00. The Morgan fingerprint density at radius 3 is 2.72 bits per heavy atom. The topological polar surface area (TPSA) is 176 Å². The van der Waals surface area contributed by atoms with Gasteiger partial charge in [-0.05, 0) is 5.53 Å². The fourth-order valence-electron chi connectivity index (χ4n) is 1.63. The molecule has 1 saturated heterocycles. The van der Waals surface area contributed by atoms with Crippen molar-refractivity contribution in [3.63, 3.8) is 0 Å². The van der Waals surface area contributed by atoms with Gasteiger partial charge in [0.15, 0.2) is 0 Å². The number of carbonyl (C=O) groups is 1. The van der Waals surface area contributed by atoms with Gasteiger partial charge in [-0.25, -0.2) is 4.79 Å². The first-order valence-corrected chi connectivity index (χ1v) is 5.00. The Kier molecular flexibility index (Phi) is 4.46. The summed E-state index contributed by atoms with van der Waals surface area (Å²) in [4.78, 5) is 13.2. The molecule has 0 aromatic rings. The fraction of sp³-hybridized carbons (Fsp3) is 0.875. The van der Waals surface area contributed by atoms with Gasteiger partial charge < -0.3 is 30.3 Å². The zero-order valence-corrected chi connectivity index (χ0v) is 9.12. The standard InChI is InChI=1S/C8H13N3O7/c9-11-10-2-4(13)6-5(14)3(12)1-8(17,18-6)7(15)16/h3-6,12-14,17H,1-2H2,(H,15,16)/t3-,4+,5+,6+,8?/m0/s1. The Bertz CT molecular complexity index is 372. The van der Waals surface area contributed by atoms with Crippen molar-refractivity contribution in [2.45, 2.75) is 36.6 Å². The van der Waals surface area contributed by atoms with Gasteiger partial charge in [-0.15, -0.1) is 0 Å². The maximum Gasteiger partial charge on any atom is 0.364 e. The highest BCUT2D eigenvalue weighted by molar-refractivity contribution is 5.75. The average molecular weight is 263 g/mol. The molecule has 102 valence electrons. The number of carboxylic acid groups (broad SMARTS) is 1. The Balaban J connectivity index is 2.88. The third-order valence-corrected chi connectivity index (χ3v) is 2.59. The summed E-state index contributed by atoms with van der Waals surface area (Å²) in [5.74, 6) is -4.46. The van der Waals surface area contributed by atoms with E-state index < -0.39 is 49.1 Å². The maximum atomic E-state index is 10.8. The number of aliphatic hydroxyl groups is 4. The van der Waals surface area contributed by atoms with Gasteiger partial charge in [0.25, 0.3) is 5.79 Å². The van der Waals surface area contributed by atoms with Gasteiger partial charge in [0.05, 0.1) is 18.8 Å². The number of azide groups is 1. The molecule has 1 fully saturated rings. The van der Waals surface area contributed by atoms with E-state index in [0.717, 1.165) is 0 Å². The number of ether oxygens (including phenoxy) is 1. The molecule has 0 aromatic heterocycles. The Morgan fingerprint density at radius 2 is 2.22 bits per heavy atom. The van der Waals surface area contributed by atoms with Crippen LogP contribution in [0, 0.1) is 0 Å². The molecule has 0 radical (unpaired) electrons. The van der Waals surface area contributed by atoms with Crippen molar-refractivity contribution in [3.05, 3.63) is 10.4 Å². The predicted molar refractivity (Wildman–Crippen MR) is 54.1 cm³/mol. The summed E-state index contributed by atoms with van der Waals surface area (Å²) in [6, 6.07) is 0. The molecular formula is C8H13N3O7. The number of aliphatic hydroxyl groups excluding tert-OH is 3. The maximum absolute atomic E-state index is 10.8. The summed E-state index contributed by atoms with van der Waals surface area (Å²) < 4.78 is 4.69. The number of carboxylic acids is 1. The van der Waals surface area contributed by atoms with Crippen molar-refractivity contribution in [2.75, 3.05) is 6.54 Å². The average Bonchev–Trinajstić information content (AvgIpc) is 2.30. The molecule has 1 aliphatic heterocycles. The quantitative estimate of drug-likeness (QED) is 0.220. The van der Waals surface area contributed by atoms with Crippen LogP contribution >= 0.6 is 0 Å². The minimum absolute atomic E-state index is 0.499. The van der Waals surface area contributed by atoms with E-state index in [2.05, 4.69) is 14.8 Å². The van der Waals surface area contributed by atoms with Crippen LogP contribution in [-0.2, 0) is 9.53 Å². The first kappa shape index (κ1) is 14.6. The van der Waals surface area contributed by atoms with Crippen LogP contribution in [0.1, 0.15) is 6.42 Å². The number of rotatable bonds is 4. The zero-order chi connectivity index (χ0) is 13.9. The van der Waals surface area contributed by atoms with Crippen molar-refractivity contribution in [2.24, 2.45) is 5.11 Å². The lowest BCUT2D eigenvalue weighted by atomic mass is 9.92. The van der Waals surface area contributed by atoms with Crippen LogP contribution in [0.15, 0.2) is 5.11 Å². The summed E-state index contributed by atoms with van der Waals surface area (Å²) in [7, 11) is 0. The van der Waals surface area contributed by atoms with E-state index >= 15 is 0 Å². The van der Waals surface area contributed by atoms with Crippen LogP contribution in [0.25, 0.3) is 10.4 Å². The second-order valence-electron chi connectivity index (χ2n) is 3.91. The minimum Gasteiger partial charge on any atom is -0.477 e. The molecule has 0 saturated carbocycles. The lowest BCUT2D eigenvalue weighted by molar-refractivity contribution is -0.306. The van der Waals surface area contributed by atoms with Crippen LogP contribution < -0.4 is 0 Å². The van der Waals surface area contributed by atoms with Gasteiger partial charge in [0, 0.05) is 11.3 Å². The van der Waals surface area contributed by atoms with Crippen LogP contribution in [0.2, 0.25) is 0 Å². The lowest BCUT2D eigenvalue weighted by Crippen LogP contribution is -2.61. The van der Waals surface area contributed by atoms with E-state index in [1.54, 1.807) is 0 Å². The number of hydrogen-bond donors (Lipinski definition) is 5. The van der Waals surface area contributed by atoms with Gasteiger partial charge in [-0.3, -0.25) is 0 Å². The van der Waals surface area contributed by atoms with Crippen LogP contribution in [0.3, 0.4) is 0 Å². The summed E-state index contributed by atoms with van der Waals surface area (Å²) in [5.41, 5.74) is 8.07.